The van der Waals surface area contributed by atoms with Gasteiger partial charge in [-0.25, -0.2) is 0 Å². The minimum atomic E-state index is -0.0212. The van der Waals surface area contributed by atoms with Crippen LogP contribution in [-0.4, -0.2) is 0 Å². The van der Waals surface area contributed by atoms with E-state index in [9.17, 15) is 0 Å². The molecule has 60 heavy (non-hydrogen) atoms. The van der Waals surface area contributed by atoms with Crippen LogP contribution >= 0.6 is 11.3 Å². The molecule has 0 atom stereocenters. The zero-order chi connectivity index (χ0) is 39.7. The van der Waals surface area contributed by atoms with Crippen molar-refractivity contribution in [3.8, 4) is 44.5 Å². The molecule has 13 rings (SSSR count). The average Bonchev–Trinajstić information content (AvgIpc) is 3.81. The molecular formula is C59H38S. The van der Waals surface area contributed by atoms with E-state index in [1.165, 1.54) is 130 Å². The van der Waals surface area contributed by atoms with Crippen LogP contribution in [-0.2, 0) is 5.41 Å². The average molecular weight is 779 g/mol. The Bertz CT molecular complexity index is 3730. The smallest absolute Gasteiger partial charge is 0.0440 e. The van der Waals surface area contributed by atoms with E-state index in [2.05, 4.69) is 208 Å². The zero-order valence-electron chi connectivity index (χ0n) is 33.4. The highest BCUT2D eigenvalue weighted by atomic mass is 32.1. The number of hydrogen-bond donors (Lipinski definition) is 0. The van der Waals surface area contributed by atoms with Crippen LogP contribution in [0.3, 0.4) is 0 Å². The van der Waals surface area contributed by atoms with Gasteiger partial charge in [0.2, 0.25) is 0 Å². The number of benzene rings is 11. The molecule has 0 saturated carbocycles. The minimum absolute atomic E-state index is 0.0212. The van der Waals surface area contributed by atoms with Crippen LogP contribution in [0.15, 0.2) is 194 Å². The molecule has 1 heterocycles. The maximum absolute atomic E-state index is 2.45. The largest absolute Gasteiger partial charge is 0.134 e. The highest BCUT2D eigenvalue weighted by Gasteiger charge is 2.35. The lowest BCUT2D eigenvalue weighted by molar-refractivity contribution is 0.660. The van der Waals surface area contributed by atoms with E-state index in [0.717, 1.165) is 0 Å². The molecule has 1 aliphatic rings. The third-order valence-corrected chi connectivity index (χ3v) is 14.9. The van der Waals surface area contributed by atoms with Crippen LogP contribution in [0.4, 0.5) is 0 Å². The Morgan fingerprint density at radius 1 is 0.317 bits per heavy atom. The molecule has 0 N–H and O–H groups in total. The summed E-state index contributed by atoms with van der Waals surface area (Å²) in [5, 5.41) is 15.7. The Kier molecular flexibility index (Phi) is 7.04. The van der Waals surface area contributed by atoms with Gasteiger partial charge in [-0.2, -0.15) is 0 Å². The molecule has 0 fully saturated rings. The van der Waals surface area contributed by atoms with Crippen molar-refractivity contribution >= 4 is 85.4 Å². The standard InChI is InChI=1S/C59H38S/c1-59(2)52-22-12-11-16-42(52)51-34-39(29-32-53(51)59)55-46-20-9-7-18-44(46)54(45-19-8-10-21-47(45)55)37-25-23-35(24-26-37)38-28-30-48-50(33-38)41-15-5-6-17-43(41)56-49-31-27-36-13-3-4-14-40(36)57(49)60-58(48)56/h3-34H,1-2H3. The predicted octanol–water partition coefficient (Wildman–Crippen LogP) is 17.1. The Morgan fingerprint density at radius 3 is 1.58 bits per heavy atom. The SMILES string of the molecule is CC1(C)c2ccccc2-c2cc(-c3c4ccccc4c(-c4ccc(-c5ccc6c(c5)c5ccccc5c5c7ccc8ccccc8c7sc65)cc4)c4ccccc34)ccc21. The van der Waals surface area contributed by atoms with Gasteiger partial charge in [0.05, 0.1) is 0 Å². The van der Waals surface area contributed by atoms with Crippen molar-refractivity contribution in [1.82, 2.24) is 0 Å². The first-order valence-electron chi connectivity index (χ1n) is 21.0. The topological polar surface area (TPSA) is 0 Å². The second-order valence-corrected chi connectivity index (χ2v) is 18.1. The van der Waals surface area contributed by atoms with Crippen molar-refractivity contribution in [2.24, 2.45) is 0 Å². The molecule has 11 aromatic carbocycles. The Labute approximate surface area is 352 Å². The van der Waals surface area contributed by atoms with E-state index in [0.29, 0.717) is 0 Å². The number of thiophene rings is 1. The zero-order valence-corrected chi connectivity index (χ0v) is 34.2. The van der Waals surface area contributed by atoms with Crippen LogP contribution in [0.5, 0.6) is 0 Å². The molecule has 1 aliphatic carbocycles. The molecule has 280 valence electrons. The van der Waals surface area contributed by atoms with E-state index < -0.39 is 0 Å². The van der Waals surface area contributed by atoms with Gasteiger partial charge in [-0.3, -0.25) is 0 Å². The van der Waals surface area contributed by atoms with Gasteiger partial charge in [0.1, 0.15) is 0 Å². The lowest BCUT2D eigenvalue weighted by Crippen LogP contribution is -2.14. The summed E-state index contributed by atoms with van der Waals surface area (Å²) in [7, 11) is 0. The first-order valence-corrected chi connectivity index (χ1v) is 21.8. The van der Waals surface area contributed by atoms with E-state index in [1.54, 1.807) is 0 Å². The lowest BCUT2D eigenvalue weighted by atomic mass is 9.81. The molecule has 0 saturated heterocycles. The van der Waals surface area contributed by atoms with Crippen LogP contribution < -0.4 is 0 Å². The number of rotatable bonds is 3. The van der Waals surface area contributed by atoms with Gasteiger partial charge in [-0.15, -0.1) is 11.3 Å². The molecule has 1 heteroatoms. The van der Waals surface area contributed by atoms with Gasteiger partial charge in [-0.1, -0.05) is 196 Å². The summed E-state index contributed by atoms with van der Waals surface area (Å²) >= 11 is 1.94. The van der Waals surface area contributed by atoms with Crippen molar-refractivity contribution in [1.29, 1.82) is 0 Å². The summed E-state index contributed by atoms with van der Waals surface area (Å²) in [4.78, 5) is 0. The summed E-state index contributed by atoms with van der Waals surface area (Å²) in [5.74, 6) is 0. The van der Waals surface area contributed by atoms with Crippen LogP contribution in [0.2, 0.25) is 0 Å². The van der Waals surface area contributed by atoms with Crippen LogP contribution in [0.25, 0.3) is 119 Å². The van der Waals surface area contributed by atoms with Crippen molar-refractivity contribution in [3.63, 3.8) is 0 Å². The van der Waals surface area contributed by atoms with E-state index in [1.807, 2.05) is 11.3 Å². The first kappa shape index (κ1) is 33.9. The molecule has 1 aromatic heterocycles. The minimum Gasteiger partial charge on any atom is -0.134 e. The van der Waals surface area contributed by atoms with Crippen molar-refractivity contribution < 1.29 is 0 Å². The molecule has 0 bridgehead atoms. The summed E-state index contributed by atoms with van der Waals surface area (Å²) in [5.41, 5.74) is 13.0. The van der Waals surface area contributed by atoms with Crippen molar-refractivity contribution in [2.45, 2.75) is 19.3 Å². The molecule has 12 aromatic rings. The molecule has 0 nitrogen and oxygen atoms in total. The lowest BCUT2D eigenvalue weighted by Gasteiger charge is -2.22. The van der Waals surface area contributed by atoms with E-state index >= 15 is 0 Å². The first-order chi connectivity index (χ1) is 29.5. The van der Waals surface area contributed by atoms with Gasteiger partial charge in [-0.05, 0) is 116 Å². The fraction of sp³-hybridized carbons (Fsp3) is 0.0508. The Morgan fingerprint density at radius 2 is 0.850 bits per heavy atom. The second-order valence-electron chi connectivity index (χ2n) is 17.1. The van der Waals surface area contributed by atoms with Gasteiger partial charge >= 0.3 is 0 Å². The van der Waals surface area contributed by atoms with Crippen LogP contribution in [0.1, 0.15) is 25.0 Å². The molecule has 0 unspecified atom stereocenters. The molecule has 0 amide bonds. The van der Waals surface area contributed by atoms with Crippen molar-refractivity contribution in [3.05, 3.63) is 205 Å². The molecule has 0 spiro atoms. The maximum Gasteiger partial charge on any atom is 0.0440 e. The van der Waals surface area contributed by atoms with Crippen LogP contribution in [0, 0.1) is 0 Å². The fourth-order valence-corrected chi connectivity index (χ4v) is 12.2. The van der Waals surface area contributed by atoms with Crippen molar-refractivity contribution in [2.75, 3.05) is 0 Å². The Hall–Kier alpha value is -7.06. The quantitative estimate of drug-likeness (QED) is 0.124. The predicted molar refractivity (Wildman–Crippen MR) is 261 cm³/mol. The Balaban J connectivity index is 0.961. The van der Waals surface area contributed by atoms with Gasteiger partial charge in [0.25, 0.3) is 0 Å². The summed E-state index contributed by atoms with van der Waals surface area (Å²) in [6, 6.07) is 72.9. The highest BCUT2D eigenvalue weighted by Crippen LogP contribution is 2.52. The van der Waals surface area contributed by atoms with Gasteiger partial charge < -0.3 is 0 Å². The number of fused-ring (bicyclic) bond motifs is 15. The summed E-state index contributed by atoms with van der Waals surface area (Å²) in [6.07, 6.45) is 0. The maximum atomic E-state index is 2.45. The third-order valence-electron chi connectivity index (χ3n) is 13.6. The fourth-order valence-electron chi connectivity index (χ4n) is 10.8. The highest BCUT2D eigenvalue weighted by molar-refractivity contribution is 7.27. The van der Waals surface area contributed by atoms with Gasteiger partial charge in [0.15, 0.2) is 0 Å². The normalized spacial score (nSPS) is 13.3. The monoisotopic (exact) mass is 778 g/mol. The number of hydrogen-bond acceptors (Lipinski definition) is 1. The second kappa shape index (κ2) is 12.5. The van der Waals surface area contributed by atoms with E-state index in [4.69, 9.17) is 0 Å². The summed E-state index contributed by atoms with van der Waals surface area (Å²) < 4.78 is 2.74. The van der Waals surface area contributed by atoms with E-state index in [-0.39, 0.29) is 5.41 Å². The summed E-state index contributed by atoms with van der Waals surface area (Å²) in [6.45, 7) is 4.71. The van der Waals surface area contributed by atoms with Gasteiger partial charge in [0, 0.05) is 31.0 Å². The molecule has 0 radical (unpaired) electrons. The molecular weight excluding hydrogens is 741 g/mol. The third kappa shape index (κ3) is 4.67. The molecule has 0 aliphatic heterocycles.